The Labute approximate surface area is 98.2 Å². The average Bonchev–Trinajstić information content (AvgIpc) is 2.77. The van der Waals surface area contributed by atoms with Crippen LogP contribution in [-0.2, 0) is 0 Å². The lowest BCUT2D eigenvalue weighted by molar-refractivity contribution is 0.220. The fraction of sp³-hybridized carbons (Fsp3) is 0.231. The number of hydrogen-bond donors (Lipinski definition) is 1. The van der Waals surface area contributed by atoms with Crippen LogP contribution in [0.25, 0.3) is 0 Å². The molecule has 2 rings (SSSR count). The van der Waals surface area contributed by atoms with Crippen LogP contribution in [0.1, 0.15) is 28.4 Å². The Morgan fingerprint density at radius 3 is 2.31 bits per heavy atom. The van der Waals surface area contributed by atoms with Crippen molar-refractivity contribution in [3.8, 4) is 0 Å². The molecule has 0 saturated heterocycles. The van der Waals surface area contributed by atoms with E-state index in [0.717, 1.165) is 11.1 Å². The Kier molecular flexibility index (Phi) is 3.08. The van der Waals surface area contributed by atoms with E-state index in [-0.39, 0.29) is 5.82 Å². The summed E-state index contributed by atoms with van der Waals surface area (Å²) >= 11 is 1.54. The Hall–Kier alpha value is -1.19. The van der Waals surface area contributed by atoms with Crippen LogP contribution in [0.15, 0.2) is 29.0 Å². The van der Waals surface area contributed by atoms with Crippen molar-refractivity contribution in [2.75, 3.05) is 0 Å². The van der Waals surface area contributed by atoms with Gasteiger partial charge in [0.15, 0.2) is 0 Å². The number of aryl methyl sites for hydroxylation is 2. The van der Waals surface area contributed by atoms with E-state index in [0.29, 0.717) is 11.1 Å². The van der Waals surface area contributed by atoms with E-state index < -0.39 is 6.10 Å². The van der Waals surface area contributed by atoms with Gasteiger partial charge in [-0.2, -0.15) is 11.3 Å². The molecule has 0 aliphatic heterocycles. The summed E-state index contributed by atoms with van der Waals surface area (Å²) < 4.78 is 13.4. The molecule has 16 heavy (non-hydrogen) atoms. The van der Waals surface area contributed by atoms with Crippen molar-refractivity contribution >= 4 is 11.3 Å². The third kappa shape index (κ3) is 2.01. The number of rotatable bonds is 2. The summed E-state index contributed by atoms with van der Waals surface area (Å²) in [6, 6.07) is 5.28. The second-order valence-corrected chi connectivity index (χ2v) is 4.71. The lowest BCUT2D eigenvalue weighted by Gasteiger charge is -2.12. The number of halogens is 1. The van der Waals surface area contributed by atoms with Crippen molar-refractivity contribution in [1.82, 2.24) is 0 Å². The molecule has 1 heterocycles. The molecule has 1 aromatic heterocycles. The summed E-state index contributed by atoms with van der Waals surface area (Å²) in [7, 11) is 0. The van der Waals surface area contributed by atoms with Gasteiger partial charge in [-0.25, -0.2) is 4.39 Å². The molecule has 0 amide bonds. The van der Waals surface area contributed by atoms with Gasteiger partial charge >= 0.3 is 0 Å². The van der Waals surface area contributed by atoms with Crippen LogP contribution < -0.4 is 0 Å². The Bertz CT molecular complexity index is 468. The smallest absolute Gasteiger partial charge is 0.129 e. The monoisotopic (exact) mass is 236 g/mol. The van der Waals surface area contributed by atoms with Crippen molar-refractivity contribution < 1.29 is 9.50 Å². The first-order chi connectivity index (χ1) is 7.59. The molecule has 0 saturated carbocycles. The second-order valence-electron chi connectivity index (χ2n) is 3.93. The lowest BCUT2D eigenvalue weighted by atomic mass is 9.99. The molecule has 0 aliphatic carbocycles. The molecule has 0 spiro atoms. The lowest BCUT2D eigenvalue weighted by Crippen LogP contribution is -2.01. The molecule has 3 heteroatoms. The highest BCUT2D eigenvalue weighted by molar-refractivity contribution is 7.07. The molecular weight excluding hydrogens is 223 g/mol. The summed E-state index contributed by atoms with van der Waals surface area (Å²) in [6.45, 7) is 3.43. The highest BCUT2D eigenvalue weighted by Gasteiger charge is 2.13. The maximum Gasteiger partial charge on any atom is 0.129 e. The maximum absolute atomic E-state index is 13.4. The first-order valence-corrected chi connectivity index (χ1v) is 6.00. The minimum atomic E-state index is -0.663. The predicted molar refractivity (Wildman–Crippen MR) is 64.3 cm³/mol. The highest BCUT2D eigenvalue weighted by Crippen LogP contribution is 2.26. The zero-order valence-corrected chi connectivity index (χ0v) is 10.0. The van der Waals surface area contributed by atoms with Gasteiger partial charge in [-0.3, -0.25) is 0 Å². The van der Waals surface area contributed by atoms with Gasteiger partial charge < -0.3 is 5.11 Å². The van der Waals surface area contributed by atoms with E-state index in [4.69, 9.17) is 0 Å². The van der Waals surface area contributed by atoms with Gasteiger partial charge in [0.25, 0.3) is 0 Å². The third-order valence-electron chi connectivity index (χ3n) is 2.63. The Morgan fingerprint density at radius 2 is 1.81 bits per heavy atom. The molecule has 1 aromatic carbocycles. The second kappa shape index (κ2) is 4.36. The summed E-state index contributed by atoms with van der Waals surface area (Å²) in [6.07, 6.45) is -0.663. The zero-order chi connectivity index (χ0) is 11.7. The molecule has 1 atom stereocenters. The molecular formula is C13H13FOS. The van der Waals surface area contributed by atoms with Crippen LogP contribution in [0.4, 0.5) is 4.39 Å². The van der Waals surface area contributed by atoms with E-state index in [1.165, 1.54) is 0 Å². The summed E-state index contributed by atoms with van der Waals surface area (Å²) in [5, 5.41) is 13.9. The number of benzene rings is 1. The summed E-state index contributed by atoms with van der Waals surface area (Å²) in [5.74, 6) is -0.193. The Balaban J connectivity index is 2.42. The minimum absolute atomic E-state index is 0.193. The van der Waals surface area contributed by atoms with Gasteiger partial charge in [-0.15, -0.1) is 0 Å². The minimum Gasteiger partial charge on any atom is -0.384 e. The van der Waals surface area contributed by atoms with E-state index in [9.17, 15) is 9.50 Å². The molecule has 1 N–H and O–H groups in total. The van der Waals surface area contributed by atoms with Crippen molar-refractivity contribution in [1.29, 1.82) is 0 Å². The van der Waals surface area contributed by atoms with Crippen LogP contribution >= 0.6 is 11.3 Å². The van der Waals surface area contributed by atoms with Crippen LogP contribution in [0.3, 0.4) is 0 Å². The van der Waals surface area contributed by atoms with Crippen LogP contribution in [0.2, 0.25) is 0 Å². The number of aliphatic hydroxyl groups excluding tert-OH is 1. The van der Waals surface area contributed by atoms with Crippen molar-refractivity contribution in [2.45, 2.75) is 20.0 Å². The molecule has 0 radical (unpaired) electrons. The van der Waals surface area contributed by atoms with Gasteiger partial charge in [0, 0.05) is 0 Å². The average molecular weight is 236 g/mol. The molecule has 1 nitrogen and oxygen atoms in total. The molecule has 0 bridgehead atoms. The quantitative estimate of drug-likeness (QED) is 0.845. The van der Waals surface area contributed by atoms with Crippen molar-refractivity contribution in [3.05, 3.63) is 57.0 Å². The van der Waals surface area contributed by atoms with Gasteiger partial charge in [0.2, 0.25) is 0 Å². The van der Waals surface area contributed by atoms with Gasteiger partial charge in [-0.1, -0.05) is 12.1 Å². The van der Waals surface area contributed by atoms with Gasteiger partial charge in [0.1, 0.15) is 11.9 Å². The first-order valence-electron chi connectivity index (χ1n) is 5.06. The normalized spacial score (nSPS) is 12.8. The van der Waals surface area contributed by atoms with Gasteiger partial charge in [0.05, 0.1) is 0 Å². The molecule has 0 aliphatic rings. The predicted octanol–water partition coefficient (Wildman–Crippen LogP) is 3.59. The van der Waals surface area contributed by atoms with Gasteiger partial charge in [-0.05, 0) is 52.9 Å². The SMILES string of the molecule is Cc1cc(C(O)c2ccsc2)cc(C)c1F. The van der Waals surface area contributed by atoms with Crippen LogP contribution in [0, 0.1) is 19.7 Å². The molecule has 2 aromatic rings. The van der Waals surface area contributed by atoms with Crippen molar-refractivity contribution in [2.24, 2.45) is 0 Å². The van der Waals surface area contributed by atoms with E-state index >= 15 is 0 Å². The summed E-state index contributed by atoms with van der Waals surface area (Å²) in [5.41, 5.74) is 2.75. The molecule has 0 fully saturated rings. The third-order valence-corrected chi connectivity index (χ3v) is 3.33. The van der Waals surface area contributed by atoms with Crippen molar-refractivity contribution in [3.63, 3.8) is 0 Å². The fourth-order valence-corrected chi connectivity index (χ4v) is 2.44. The number of aliphatic hydroxyl groups is 1. The standard InChI is InChI=1S/C13H13FOS/c1-8-5-11(6-9(2)12(8)14)13(15)10-3-4-16-7-10/h3-7,13,15H,1-2H3. The van der Waals surface area contributed by atoms with Crippen LogP contribution in [-0.4, -0.2) is 5.11 Å². The van der Waals surface area contributed by atoms with Crippen LogP contribution in [0.5, 0.6) is 0 Å². The topological polar surface area (TPSA) is 20.2 Å². The molecule has 1 unspecified atom stereocenters. The number of hydrogen-bond acceptors (Lipinski definition) is 2. The zero-order valence-electron chi connectivity index (χ0n) is 9.20. The maximum atomic E-state index is 13.4. The summed E-state index contributed by atoms with van der Waals surface area (Å²) in [4.78, 5) is 0. The molecule has 84 valence electrons. The van der Waals surface area contributed by atoms with E-state index in [2.05, 4.69) is 0 Å². The largest absolute Gasteiger partial charge is 0.384 e. The van der Waals surface area contributed by atoms with E-state index in [1.54, 1.807) is 37.3 Å². The highest BCUT2D eigenvalue weighted by atomic mass is 32.1. The Morgan fingerprint density at radius 1 is 1.19 bits per heavy atom. The number of thiophene rings is 1. The fourth-order valence-electron chi connectivity index (χ4n) is 1.76. The first kappa shape index (κ1) is 11.3. The van der Waals surface area contributed by atoms with E-state index in [1.807, 2.05) is 16.8 Å².